The summed E-state index contributed by atoms with van der Waals surface area (Å²) in [5.41, 5.74) is 1.25. The second-order valence-electron chi connectivity index (χ2n) is 5.42. The Morgan fingerprint density at radius 3 is 2.62 bits per heavy atom. The first-order chi connectivity index (χ1) is 10.2. The molecular formula is C16H23N3O2. The van der Waals surface area contributed by atoms with Crippen LogP contribution in [-0.2, 0) is 19.6 Å². The maximum Gasteiger partial charge on any atom is 0.226 e. The molecule has 0 aliphatic carbocycles. The van der Waals surface area contributed by atoms with Crippen LogP contribution in [0, 0.1) is 5.92 Å². The fourth-order valence-corrected chi connectivity index (χ4v) is 1.85. The number of ether oxygens (including phenoxy) is 1. The average Bonchev–Trinajstić information content (AvgIpc) is 2.94. The van der Waals surface area contributed by atoms with Gasteiger partial charge >= 0.3 is 0 Å². The molecule has 0 bridgehead atoms. The molecule has 0 aliphatic heterocycles. The van der Waals surface area contributed by atoms with E-state index in [9.17, 15) is 0 Å². The van der Waals surface area contributed by atoms with E-state index in [0.717, 1.165) is 25.3 Å². The van der Waals surface area contributed by atoms with Crippen LogP contribution in [0.25, 0.3) is 0 Å². The predicted octanol–water partition coefficient (Wildman–Crippen LogP) is 2.96. The highest BCUT2D eigenvalue weighted by atomic mass is 16.5. The molecule has 114 valence electrons. The van der Waals surface area contributed by atoms with Gasteiger partial charge in [-0.25, -0.2) is 0 Å². The monoisotopic (exact) mass is 289 g/mol. The zero-order valence-electron chi connectivity index (χ0n) is 12.9. The van der Waals surface area contributed by atoms with E-state index >= 15 is 0 Å². The van der Waals surface area contributed by atoms with Crippen molar-refractivity contribution in [3.8, 4) is 5.75 Å². The summed E-state index contributed by atoms with van der Waals surface area (Å²) < 4.78 is 10.7. The van der Waals surface area contributed by atoms with Crippen molar-refractivity contribution in [3.63, 3.8) is 0 Å². The summed E-state index contributed by atoms with van der Waals surface area (Å²) in [6, 6.07) is 8.06. The van der Waals surface area contributed by atoms with E-state index in [-0.39, 0.29) is 0 Å². The van der Waals surface area contributed by atoms with Crippen LogP contribution >= 0.6 is 0 Å². The molecule has 1 heterocycles. The Bertz CT molecular complexity index is 535. The number of rotatable bonds is 8. The van der Waals surface area contributed by atoms with Gasteiger partial charge in [-0.15, -0.1) is 0 Å². The molecule has 0 unspecified atom stereocenters. The van der Waals surface area contributed by atoms with Crippen LogP contribution in [0.3, 0.4) is 0 Å². The fourth-order valence-electron chi connectivity index (χ4n) is 1.85. The number of benzene rings is 1. The highest BCUT2D eigenvalue weighted by Gasteiger charge is 2.05. The van der Waals surface area contributed by atoms with Gasteiger partial charge < -0.3 is 14.6 Å². The van der Waals surface area contributed by atoms with Gasteiger partial charge in [-0.1, -0.05) is 38.1 Å². The summed E-state index contributed by atoms with van der Waals surface area (Å²) in [5.74, 6) is 2.69. The normalized spacial score (nSPS) is 11.0. The average molecular weight is 289 g/mol. The highest BCUT2D eigenvalue weighted by Crippen LogP contribution is 2.13. The molecule has 2 rings (SSSR count). The largest absolute Gasteiger partial charge is 0.485 e. The minimum Gasteiger partial charge on any atom is -0.485 e. The van der Waals surface area contributed by atoms with Crippen LogP contribution in [0.1, 0.15) is 38.0 Å². The summed E-state index contributed by atoms with van der Waals surface area (Å²) in [6.45, 7) is 8.61. The zero-order chi connectivity index (χ0) is 15.1. The molecule has 0 atom stereocenters. The molecule has 1 aromatic heterocycles. The maximum atomic E-state index is 5.64. The first-order valence-electron chi connectivity index (χ1n) is 7.41. The van der Waals surface area contributed by atoms with E-state index in [2.05, 4.69) is 41.4 Å². The van der Waals surface area contributed by atoms with Gasteiger partial charge in [0.25, 0.3) is 0 Å². The van der Waals surface area contributed by atoms with Crippen molar-refractivity contribution in [2.75, 3.05) is 6.54 Å². The Hall–Kier alpha value is -1.88. The third-order valence-electron chi connectivity index (χ3n) is 2.99. The molecule has 1 aromatic carbocycles. The smallest absolute Gasteiger partial charge is 0.226 e. The Kier molecular flexibility index (Phi) is 5.75. The third kappa shape index (κ3) is 5.19. The lowest BCUT2D eigenvalue weighted by Gasteiger charge is -2.08. The number of aromatic nitrogens is 2. The van der Waals surface area contributed by atoms with Crippen LogP contribution in [0.2, 0.25) is 0 Å². The van der Waals surface area contributed by atoms with Crippen molar-refractivity contribution >= 4 is 0 Å². The van der Waals surface area contributed by atoms with Gasteiger partial charge in [0.2, 0.25) is 11.7 Å². The molecule has 21 heavy (non-hydrogen) atoms. The number of hydrogen-bond donors (Lipinski definition) is 1. The first-order valence-corrected chi connectivity index (χ1v) is 7.41. The van der Waals surface area contributed by atoms with Crippen molar-refractivity contribution in [2.45, 2.75) is 40.3 Å². The van der Waals surface area contributed by atoms with Gasteiger partial charge in [0, 0.05) is 13.0 Å². The molecule has 0 fully saturated rings. The van der Waals surface area contributed by atoms with Gasteiger partial charge in [0.15, 0.2) is 6.61 Å². The summed E-state index contributed by atoms with van der Waals surface area (Å²) in [7, 11) is 0. The van der Waals surface area contributed by atoms with Crippen molar-refractivity contribution in [3.05, 3.63) is 41.5 Å². The molecule has 0 radical (unpaired) electrons. The summed E-state index contributed by atoms with van der Waals surface area (Å²) >= 11 is 0. The number of nitrogens with one attached hydrogen (secondary N) is 1. The molecule has 2 aromatic rings. The maximum absolute atomic E-state index is 5.64. The minimum absolute atomic E-state index is 0.328. The van der Waals surface area contributed by atoms with E-state index in [1.165, 1.54) is 5.56 Å². The quantitative estimate of drug-likeness (QED) is 0.809. The molecule has 0 spiro atoms. The van der Waals surface area contributed by atoms with E-state index in [4.69, 9.17) is 9.26 Å². The predicted molar refractivity (Wildman–Crippen MR) is 81.0 cm³/mol. The summed E-state index contributed by atoms with van der Waals surface area (Å²) in [4.78, 5) is 4.21. The fraction of sp³-hybridized carbons (Fsp3) is 0.500. The van der Waals surface area contributed by atoms with Crippen LogP contribution in [0.5, 0.6) is 5.75 Å². The third-order valence-corrected chi connectivity index (χ3v) is 2.99. The zero-order valence-corrected chi connectivity index (χ0v) is 12.9. The minimum atomic E-state index is 0.328. The standard InChI is InChI=1S/C16H23N3O2/c1-4-16-18-15(19-21-16)11-20-14-7-5-13(6-8-14)10-17-9-12(2)3/h5-8,12,17H,4,9-11H2,1-3H3. The van der Waals surface area contributed by atoms with Crippen molar-refractivity contribution in [1.29, 1.82) is 0 Å². The Labute approximate surface area is 125 Å². The Morgan fingerprint density at radius 1 is 1.24 bits per heavy atom. The van der Waals surface area contributed by atoms with Crippen molar-refractivity contribution < 1.29 is 9.26 Å². The van der Waals surface area contributed by atoms with Crippen LogP contribution in [0.4, 0.5) is 0 Å². The van der Waals surface area contributed by atoms with E-state index in [1.807, 2.05) is 19.1 Å². The van der Waals surface area contributed by atoms with Crippen LogP contribution in [-0.4, -0.2) is 16.7 Å². The van der Waals surface area contributed by atoms with Crippen LogP contribution in [0.15, 0.2) is 28.8 Å². The van der Waals surface area contributed by atoms with E-state index < -0.39 is 0 Å². The first kappa shape index (κ1) is 15.5. The molecule has 0 saturated heterocycles. The molecule has 0 saturated carbocycles. The molecule has 1 N–H and O–H groups in total. The van der Waals surface area contributed by atoms with Gasteiger partial charge in [-0.05, 0) is 30.2 Å². The van der Waals surface area contributed by atoms with Gasteiger partial charge in [-0.2, -0.15) is 4.98 Å². The second-order valence-corrected chi connectivity index (χ2v) is 5.42. The van der Waals surface area contributed by atoms with Crippen LogP contribution < -0.4 is 10.1 Å². The van der Waals surface area contributed by atoms with E-state index in [0.29, 0.717) is 24.2 Å². The molecule has 0 amide bonds. The number of nitrogens with zero attached hydrogens (tertiary/aromatic N) is 2. The second kappa shape index (κ2) is 7.78. The van der Waals surface area contributed by atoms with E-state index in [1.54, 1.807) is 0 Å². The number of aryl methyl sites for hydroxylation is 1. The Morgan fingerprint density at radius 2 is 2.00 bits per heavy atom. The molecular weight excluding hydrogens is 266 g/mol. The highest BCUT2D eigenvalue weighted by molar-refractivity contribution is 5.27. The molecule has 0 aliphatic rings. The lowest BCUT2D eigenvalue weighted by Crippen LogP contribution is -2.18. The summed E-state index contributed by atoms with van der Waals surface area (Å²) in [5, 5.41) is 7.27. The lowest BCUT2D eigenvalue weighted by molar-refractivity contribution is 0.285. The lowest BCUT2D eigenvalue weighted by atomic mass is 10.2. The van der Waals surface area contributed by atoms with Gasteiger partial charge in [0.1, 0.15) is 5.75 Å². The Balaban J connectivity index is 1.79. The van der Waals surface area contributed by atoms with Crippen molar-refractivity contribution in [2.24, 2.45) is 5.92 Å². The van der Waals surface area contributed by atoms with Crippen molar-refractivity contribution in [1.82, 2.24) is 15.5 Å². The topological polar surface area (TPSA) is 60.2 Å². The van der Waals surface area contributed by atoms with Gasteiger partial charge in [0.05, 0.1) is 0 Å². The molecule has 5 nitrogen and oxygen atoms in total. The van der Waals surface area contributed by atoms with Gasteiger partial charge in [-0.3, -0.25) is 0 Å². The number of hydrogen-bond acceptors (Lipinski definition) is 5. The summed E-state index contributed by atoms with van der Waals surface area (Å²) in [6.07, 6.45) is 0.741. The molecule has 5 heteroatoms. The SMILES string of the molecule is CCc1nc(COc2ccc(CNCC(C)C)cc2)no1.